The van der Waals surface area contributed by atoms with Crippen LogP contribution in [0.3, 0.4) is 0 Å². The predicted molar refractivity (Wildman–Crippen MR) is 135 cm³/mol. The summed E-state index contributed by atoms with van der Waals surface area (Å²) in [5, 5.41) is 15.1. The Kier molecular flexibility index (Phi) is 7.55. The molecule has 1 atom stereocenters. The van der Waals surface area contributed by atoms with E-state index < -0.39 is 0 Å². The van der Waals surface area contributed by atoms with Crippen molar-refractivity contribution >= 4 is 51.3 Å². The van der Waals surface area contributed by atoms with Crippen LogP contribution >= 0.6 is 34.4 Å². The predicted octanol–water partition coefficient (Wildman–Crippen LogP) is 5.43. The van der Waals surface area contributed by atoms with E-state index >= 15 is 0 Å². The maximum atomic E-state index is 12.8. The van der Waals surface area contributed by atoms with Gasteiger partial charge in [0, 0.05) is 27.2 Å². The second-order valence-corrected chi connectivity index (χ2v) is 11.5. The molecule has 0 saturated carbocycles. The molecule has 3 heterocycles. The lowest BCUT2D eigenvalue weighted by molar-refractivity contribution is -0.113. The summed E-state index contributed by atoms with van der Waals surface area (Å²) >= 11 is 4.54. The summed E-state index contributed by atoms with van der Waals surface area (Å²) in [6, 6.07) is 2.11. The summed E-state index contributed by atoms with van der Waals surface area (Å²) in [4.78, 5) is 27.7. The summed E-state index contributed by atoms with van der Waals surface area (Å²) in [5.41, 5.74) is 2.61. The number of hydrogen-bond donors (Lipinski definition) is 1. The lowest BCUT2D eigenvalue weighted by Gasteiger charge is -2.18. The number of nitrogens with one attached hydrogen (secondary N) is 1. The number of aromatic nitrogens is 3. The minimum Gasteiger partial charge on any atom is -0.465 e. The fourth-order valence-electron chi connectivity index (χ4n) is 4.04. The van der Waals surface area contributed by atoms with E-state index in [1.807, 2.05) is 0 Å². The molecule has 10 heteroatoms. The van der Waals surface area contributed by atoms with E-state index in [1.54, 1.807) is 11.3 Å². The van der Waals surface area contributed by atoms with Gasteiger partial charge < -0.3 is 14.6 Å². The van der Waals surface area contributed by atoms with E-state index in [-0.39, 0.29) is 17.6 Å². The summed E-state index contributed by atoms with van der Waals surface area (Å²) < 4.78 is 7.09. The van der Waals surface area contributed by atoms with Gasteiger partial charge in [0.25, 0.3) is 0 Å². The minimum absolute atomic E-state index is 0.171. The summed E-state index contributed by atoms with van der Waals surface area (Å²) in [7, 11) is 1.38. The highest BCUT2D eigenvalue weighted by Crippen LogP contribution is 2.40. The number of methoxy groups -OCH3 is 1. The third-order valence-electron chi connectivity index (χ3n) is 5.64. The Labute approximate surface area is 206 Å². The first-order valence-corrected chi connectivity index (χ1v) is 13.7. The molecule has 1 amide bonds. The highest BCUT2D eigenvalue weighted by Gasteiger charge is 2.29. The maximum Gasteiger partial charge on any atom is 0.341 e. The van der Waals surface area contributed by atoms with Crippen LogP contribution in [0.5, 0.6) is 0 Å². The topological polar surface area (TPSA) is 86.1 Å². The van der Waals surface area contributed by atoms with Crippen LogP contribution in [0.25, 0.3) is 11.4 Å². The third-order valence-corrected chi connectivity index (χ3v) is 8.64. The van der Waals surface area contributed by atoms with Crippen molar-refractivity contribution < 1.29 is 14.3 Å². The van der Waals surface area contributed by atoms with Gasteiger partial charge in [-0.2, -0.15) is 0 Å². The first-order valence-electron chi connectivity index (χ1n) is 11.0. The number of rotatable bonds is 8. The van der Waals surface area contributed by atoms with Crippen LogP contribution in [-0.4, -0.2) is 39.5 Å². The molecule has 0 saturated heterocycles. The zero-order chi connectivity index (χ0) is 23.5. The number of fused-ring (bicyclic) bond motifs is 1. The number of ether oxygens (including phenoxy) is 1. The van der Waals surface area contributed by atoms with E-state index in [4.69, 9.17) is 4.74 Å². The van der Waals surface area contributed by atoms with Gasteiger partial charge in [-0.15, -0.1) is 32.9 Å². The Morgan fingerprint density at radius 2 is 2.18 bits per heavy atom. The van der Waals surface area contributed by atoms with Gasteiger partial charge in [0.1, 0.15) is 5.00 Å². The average molecular weight is 505 g/mol. The number of esters is 1. The molecule has 1 N–H and O–H groups in total. The number of thiophene rings is 2. The van der Waals surface area contributed by atoms with Crippen LogP contribution in [0, 0.1) is 12.8 Å². The molecular formula is C23H28N4O3S3. The molecule has 4 rings (SSSR count). The number of nitrogens with zero attached hydrogens (tertiary/aromatic N) is 3. The Morgan fingerprint density at radius 1 is 1.36 bits per heavy atom. The molecular weight excluding hydrogens is 476 g/mol. The van der Waals surface area contributed by atoms with Crippen molar-refractivity contribution in [1.82, 2.24) is 14.8 Å². The molecule has 3 aromatic heterocycles. The summed E-state index contributed by atoms with van der Waals surface area (Å²) in [6.07, 6.45) is 3.75. The molecule has 0 radical (unpaired) electrons. The number of anilines is 1. The van der Waals surface area contributed by atoms with Gasteiger partial charge >= 0.3 is 5.97 Å². The highest BCUT2D eigenvalue weighted by molar-refractivity contribution is 7.99. The average Bonchev–Trinajstić information content (AvgIpc) is 3.48. The van der Waals surface area contributed by atoms with Crippen molar-refractivity contribution in [3.05, 3.63) is 32.3 Å². The van der Waals surface area contributed by atoms with E-state index in [0.717, 1.165) is 54.3 Å². The van der Waals surface area contributed by atoms with Gasteiger partial charge in [-0.3, -0.25) is 4.79 Å². The van der Waals surface area contributed by atoms with Gasteiger partial charge in [0.05, 0.1) is 18.4 Å². The number of hydrogen-bond acceptors (Lipinski definition) is 8. The monoisotopic (exact) mass is 504 g/mol. The Balaban J connectivity index is 1.49. The van der Waals surface area contributed by atoms with E-state index in [2.05, 4.69) is 52.3 Å². The zero-order valence-electron chi connectivity index (χ0n) is 19.3. The maximum absolute atomic E-state index is 12.8. The Morgan fingerprint density at radius 3 is 2.88 bits per heavy atom. The van der Waals surface area contributed by atoms with Crippen LogP contribution in [0.2, 0.25) is 0 Å². The lowest BCUT2D eigenvalue weighted by Crippen LogP contribution is -2.17. The molecule has 0 bridgehead atoms. The number of thioether (sulfide) groups is 1. The number of aryl methyl sites for hydroxylation is 1. The molecule has 0 fully saturated rings. The standard InChI is InChI=1S/C23H28N4O3S3/c1-5-8-27-20(15-10-14(3)31-11-15)25-26-23(27)32-12-18(28)24-21-19(22(29)30-4)16-7-6-13(2)9-17(16)33-21/h10-11,13H,5-9,12H2,1-4H3,(H,24,28). The van der Waals surface area contributed by atoms with Crippen LogP contribution in [0.4, 0.5) is 5.00 Å². The van der Waals surface area contributed by atoms with Gasteiger partial charge in [0.15, 0.2) is 11.0 Å². The highest BCUT2D eigenvalue weighted by atomic mass is 32.2. The molecule has 0 aromatic carbocycles. The fraction of sp³-hybridized carbons (Fsp3) is 0.478. The number of carbonyl (C=O) groups excluding carboxylic acids is 2. The van der Waals surface area contributed by atoms with Crippen molar-refractivity contribution in [2.45, 2.75) is 58.2 Å². The molecule has 1 aliphatic carbocycles. The number of amides is 1. The van der Waals surface area contributed by atoms with Crippen molar-refractivity contribution in [3.8, 4) is 11.4 Å². The molecule has 7 nitrogen and oxygen atoms in total. The summed E-state index contributed by atoms with van der Waals surface area (Å²) in [6.45, 7) is 7.18. The molecule has 1 unspecified atom stereocenters. The van der Waals surface area contributed by atoms with E-state index in [9.17, 15) is 9.59 Å². The van der Waals surface area contributed by atoms with Crippen molar-refractivity contribution in [3.63, 3.8) is 0 Å². The lowest BCUT2D eigenvalue weighted by atomic mass is 9.88. The fourth-order valence-corrected chi connectivity index (χ4v) is 6.91. The van der Waals surface area contributed by atoms with E-state index in [0.29, 0.717) is 16.5 Å². The minimum atomic E-state index is -0.386. The molecule has 0 spiro atoms. The van der Waals surface area contributed by atoms with Crippen LogP contribution in [-0.2, 0) is 28.9 Å². The van der Waals surface area contributed by atoms with E-state index in [1.165, 1.54) is 40.0 Å². The van der Waals surface area contributed by atoms with Crippen molar-refractivity contribution in [2.24, 2.45) is 5.92 Å². The molecule has 0 aliphatic heterocycles. The SMILES string of the molecule is CCCn1c(SCC(=O)Nc2sc3c(c2C(=O)OC)CCC(C)C3)nnc1-c1csc(C)c1. The Hall–Kier alpha value is -2.17. The third kappa shape index (κ3) is 5.17. The van der Waals surface area contributed by atoms with Crippen LogP contribution in [0.1, 0.15) is 52.4 Å². The normalized spacial score (nSPS) is 15.3. The smallest absolute Gasteiger partial charge is 0.341 e. The molecule has 3 aromatic rings. The number of carbonyl (C=O) groups is 2. The molecule has 176 valence electrons. The first-order chi connectivity index (χ1) is 15.9. The molecule has 1 aliphatic rings. The van der Waals surface area contributed by atoms with Crippen LogP contribution in [0.15, 0.2) is 16.6 Å². The quantitative estimate of drug-likeness (QED) is 0.325. The largest absolute Gasteiger partial charge is 0.465 e. The first kappa shape index (κ1) is 24.0. The molecule has 33 heavy (non-hydrogen) atoms. The zero-order valence-corrected chi connectivity index (χ0v) is 21.7. The summed E-state index contributed by atoms with van der Waals surface area (Å²) in [5.74, 6) is 1.03. The van der Waals surface area contributed by atoms with Crippen molar-refractivity contribution in [2.75, 3.05) is 18.2 Å². The van der Waals surface area contributed by atoms with Crippen LogP contribution < -0.4 is 5.32 Å². The second-order valence-electron chi connectivity index (χ2n) is 8.29. The Bertz CT molecular complexity index is 1160. The van der Waals surface area contributed by atoms with Crippen molar-refractivity contribution in [1.29, 1.82) is 0 Å². The second kappa shape index (κ2) is 10.4. The van der Waals surface area contributed by atoms with Gasteiger partial charge in [-0.1, -0.05) is 25.6 Å². The van der Waals surface area contributed by atoms with Gasteiger partial charge in [-0.25, -0.2) is 4.79 Å². The van der Waals surface area contributed by atoms with Gasteiger partial charge in [0.2, 0.25) is 5.91 Å². The van der Waals surface area contributed by atoms with Gasteiger partial charge in [-0.05, 0) is 50.2 Å².